The molecule has 1 nitrogen and oxygen atoms in total. The van der Waals surface area contributed by atoms with Crippen molar-refractivity contribution >= 4 is 12.4 Å². The summed E-state index contributed by atoms with van der Waals surface area (Å²) in [6.45, 7) is 5.35. The zero-order valence-electron chi connectivity index (χ0n) is 8.16. The van der Waals surface area contributed by atoms with Gasteiger partial charge in [0.25, 0.3) is 0 Å². The standard InChI is InChI=1S/C11H14FN.ClH/c1-3-4-11(13)9-5-6-10(12)8(2)7-9;/h3,5-7,11H,1,4,13H2,2H3;1H/t11-;/m1./s1. The van der Waals surface area contributed by atoms with Crippen molar-refractivity contribution in [1.82, 2.24) is 0 Å². The lowest BCUT2D eigenvalue weighted by atomic mass is 10.0. The summed E-state index contributed by atoms with van der Waals surface area (Å²) in [6, 6.07) is 4.88. The van der Waals surface area contributed by atoms with E-state index < -0.39 is 0 Å². The molecular weight excluding hydrogens is 201 g/mol. The summed E-state index contributed by atoms with van der Waals surface area (Å²) in [6.07, 6.45) is 2.48. The third kappa shape index (κ3) is 3.13. The van der Waals surface area contributed by atoms with E-state index in [1.165, 1.54) is 6.07 Å². The minimum absolute atomic E-state index is 0. The minimum atomic E-state index is -0.186. The normalized spacial score (nSPS) is 11.6. The zero-order chi connectivity index (χ0) is 9.84. The second-order valence-corrected chi connectivity index (χ2v) is 3.14. The summed E-state index contributed by atoms with van der Waals surface area (Å²) in [5.74, 6) is -0.186. The topological polar surface area (TPSA) is 26.0 Å². The molecule has 1 aromatic rings. The van der Waals surface area contributed by atoms with Crippen molar-refractivity contribution in [1.29, 1.82) is 0 Å². The van der Waals surface area contributed by atoms with E-state index in [2.05, 4.69) is 6.58 Å². The van der Waals surface area contributed by atoms with Crippen LogP contribution in [0.2, 0.25) is 0 Å². The second-order valence-electron chi connectivity index (χ2n) is 3.14. The molecule has 0 heterocycles. The largest absolute Gasteiger partial charge is 0.324 e. The molecule has 0 saturated heterocycles. The molecule has 0 fully saturated rings. The first-order valence-corrected chi connectivity index (χ1v) is 4.27. The highest BCUT2D eigenvalue weighted by molar-refractivity contribution is 5.85. The maximum Gasteiger partial charge on any atom is 0.126 e. The molecule has 2 N–H and O–H groups in total. The van der Waals surface area contributed by atoms with Gasteiger partial charge in [0.15, 0.2) is 0 Å². The number of rotatable bonds is 3. The molecule has 0 aliphatic carbocycles. The van der Waals surface area contributed by atoms with E-state index in [1.54, 1.807) is 25.1 Å². The fourth-order valence-electron chi connectivity index (χ4n) is 1.21. The van der Waals surface area contributed by atoms with Crippen molar-refractivity contribution in [3.8, 4) is 0 Å². The van der Waals surface area contributed by atoms with Crippen LogP contribution in [0.3, 0.4) is 0 Å². The summed E-state index contributed by atoms with van der Waals surface area (Å²) < 4.78 is 12.9. The van der Waals surface area contributed by atoms with Crippen LogP contribution in [0.25, 0.3) is 0 Å². The van der Waals surface area contributed by atoms with Gasteiger partial charge in [0.1, 0.15) is 5.82 Å². The van der Waals surface area contributed by atoms with Crippen LogP contribution < -0.4 is 5.73 Å². The Hall–Kier alpha value is -0.860. The summed E-state index contributed by atoms with van der Waals surface area (Å²) >= 11 is 0. The molecule has 0 radical (unpaired) electrons. The molecule has 1 atom stereocenters. The molecule has 0 aromatic heterocycles. The van der Waals surface area contributed by atoms with Gasteiger partial charge in [0, 0.05) is 6.04 Å². The Bertz CT molecular complexity index is 312. The molecule has 78 valence electrons. The van der Waals surface area contributed by atoms with Gasteiger partial charge in [-0.15, -0.1) is 19.0 Å². The van der Waals surface area contributed by atoms with Crippen LogP contribution in [-0.4, -0.2) is 0 Å². The number of hydrogen-bond acceptors (Lipinski definition) is 1. The Morgan fingerprint density at radius 2 is 2.21 bits per heavy atom. The third-order valence-electron chi connectivity index (χ3n) is 2.03. The van der Waals surface area contributed by atoms with Crippen LogP contribution in [0, 0.1) is 12.7 Å². The number of benzene rings is 1. The summed E-state index contributed by atoms with van der Waals surface area (Å²) in [5.41, 5.74) is 7.42. The minimum Gasteiger partial charge on any atom is -0.324 e. The SMILES string of the molecule is C=CC[C@@H](N)c1ccc(F)c(C)c1.Cl. The Labute approximate surface area is 90.2 Å². The maximum absolute atomic E-state index is 12.9. The zero-order valence-corrected chi connectivity index (χ0v) is 8.98. The first-order valence-electron chi connectivity index (χ1n) is 4.27. The van der Waals surface area contributed by atoms with Crippen molar-refractivity contribution in [2.45, 2.75) is 19.4 Å². The van der Waals surface area contributed by atoms with E-state index in [9.17, 15) is 4.39 Å². The smallest absolute Gasteiger partial charge is 0.126 e. The predicted octanol–water partition coefficient (Wildman–Crippen LogP) is 3.13. The molecule has 0 unspecified atom stereocenters. The van der Waals surface area contributed by atoms with E-state index in [0.717, 1.165) is 5.56 Å². The Kier molecular flexibility index (Phi) is 5.43. The van der Waals surface area contributed by atoms with Crippen molar-refractivity contribution in [3.63, 3.8) is 0 Å². The molecule has 1 aromatic carbocycles. The molecule has 0 saturated carbocycles. The van der Waals surface area contributed by atoms with Gasteiger partial charge in [-0.05, 0) is 30.5 Å². The Balaban J connectivity index is 0.00000169. The highest BCUT2D eigenvalue weighted by Gasteiger charge is 2.05. The van der Waals surface area contributed by atoms with Gasteiger partial charge in [-0.2, -0.15) is 0 Å². The van der Waals surface area contributed by atoms with Crippen LogP contribution in [-0.2, 0) is 0 Å². The lowest BCUT2D eigenvalue weighted by Gasteiger charge is -2.10. The van der Waals surface area contributed by atoms with Crippen LogP contribution >= 0.6 is 12.4 Å². The van der Waals surface area contributed by atoms with Gasteiger partial charge in [-0.3, -0.25) is 0 Å². The number of hydrogen-bond donors (Lipinski definition) is 1. The van der Waals surface area contributed by atoms with Crippen LogP contribution in [0.15, 0.2) is 30.9 Å². The van der Waals surface area contributed by atoms with Crippen LogP contribution in [0.4, 0.5) is 4.39 Å². The first kappa shape index (κ1) is 13.1. The lowest BCUT2D eigenvalue weighted by molar-refractivity contribution is 0.615. The predicted molar refractivity (Wildman–Crippen MR) is 60.1 cm³/mol. The van der Waals surface area contributed by atoms with Gasteiger partial charge < -0.3 is 5.73 Å². The molecule has 3 heteroatoms. The number of halogens is 2. The van der Waals surface area contributed by atoms with E-state index in [4.69, 9.17) is 5.73 Å². The molecule has 0 amide bonds. The van der Waals surface area contributed by atoms with Crippen molar-refractivity contribution < 1.29 is 4.39 Å². The summed E-state index contributed by atoms with van der Waals surface area (Å²) in [7, 11) is 0. The quantitative estimate of drug-likeness (QED) is 0.771. The van der Waals surface area contributed by atoms with Crippen molar-refractivity contribution in [3.05, 3.63) is 47.8 Å². The van der Waals surface area contributed by atoms with Gasteiger partial charge in [-0.25, -0.2) is 4.39 Å². The summed E-state index contributed by atoms with van der Waals surface area (Å²) in [5, 5.41) is 0. The number of nitrogens with two attached hydrogens (primary N) is 1. The van der Waals surface area contributed by atoms with Gasteiger partial charge in [-0.1, -0.05) is 18.2 Å². The third-order valence-corrected chi connectivity index (χ3v) is 2.03. The van der Waals surface area contributed by atoms with Crippen LogP contribution in [0.1, 0.15) is 23.6 Å². The van der Waals surface area contributed by atoms with Crippen molar-refractivity contribution in [2.75, 3.05) is 0 Å². The number of aryl methyl sites for hydroxylation is 1. The Morgan fingerprint density at radius 1 is 1.57 bits per heavy atom. The van der Waals surface area contributed by atoms with E-state index >= 15 is 0 Å². The van der Waals surface area contributed by atoms with E-state index in [1.807, 2.05) is 0 Å². The maximum atomic E-state index is 12.9. The average molecular weight is 216 g/mol. The second kappa shape index (κ2) is 5.78. The van der Waals surface area contributed by atoms with E-state index in [-0.39, 0.29) is 24.3 Å². The fourth-order valence-corrected chi connectivity index (χ4v) is 1.21. The van der Waals surface area contributed by atoms with Gasteiger partial charge in [0.2, 0.25) is 0 Å². The average Bonchev–Trinajstić information content (AvgIpc) is 2.10. The molecule has 1 rings (SSSR count). The molecule has 14 heavy (non-hydrogen) atoms. The van der Waals surface area contributed by atoms with E-state index in [0.29, 0.717) is 12.0 Å². The molecule has 0 aliphatic rings. The van der Waals surface area contributed by atoms with Gasteiger partial charge >= 0.3 is 0 Å². The molecule has 0 spiro atoms. The molecular formula is C11H15ClFN. The molecule has 0 aliphatic heterocycles. The Morgan fingerprint density at radius 3 is 2.71 bits per heavy atom. The monoisotopic (exact) mass is 215 g/mol. The highest BCUT2D eigenvalue weighted by Crippen LogP contribution is 2.17. The summed E-state index contributed by atoms with van der Waals surface area (Å²) in [4.78, 5) is 0. The fraction of sp³-hybridized carbons (Fsp3) is 0.273. The molecule has 0 bridgehead atoms. The lowest BCUT2D eigenvalue weighted by Crippen LogP contribution is -2.09. The van der Waals surface area contributed by atoms with Gasteiger partial charge in [0.05, 0.1) is 0 Å². The van der Waals surface area contributed by atoms with Crippen LogP contribution in [0.5, 0.6) is 0 Å². The van der Waals surface area contributed by atoms with Crippen molar-refractivity contribution in [2.24, 2.45) is 5.73 Å². The highest BCUT2D eigenvalue weighted by atomic mass is 35.5. The first-order chi connectivity index (χ1) is 6.15.